The number of hydrogen-bond donors (Lipinski definition) is 1. The van der Waals surface area contributed by atoms with Crippen molar-refractivity contribution in [3.05, 3.63) is 52.3 Å². The van der Waals surface area contributed by atoms with Gasteiger partial charge in [0.05, 0.1) is 23.9 Å². The Morgan fingerprint density at radius 1 is 1.00 bits per heavy atom. The van der Waals surface area contributed by atoms with E-state index in [1.807, 2.05) is 0 Å². The molecule has 1 heterocycles. The molecule has 0 atom stereocenters. The molecule has 28 heavy (non-hydrogen) atoms. The summed E-state index contributed by atoms with van der Waals surface area (Å²) in [7, 11) is 0. The van der Waals surface area contributed by atoms with Crippen LogP contribution in [0.4, 0.5) is 26.3 Å². The number of carbonyl (C=O) groups excluding carboxylic acids is 1. The maximum atomic E-state index is 12.9. The van der Waals surface area contributed by atoms with Gasteiger partial charge in [0.1, 0.15) is 0 Å². The van der Waals surface area contributed by atoms with Crippen molar-refractivity contribution in [3.8, 4) is 0 Å². The van der Waals surface area contributed by atoms with Crippen LogP contribution in [-0.4, -0.2) is 22.2 Å². The first-order chi connectivity index (χ1) is 13.1. The second-order valence-electron chi connectivity index (χ2n) is 6.60. The van der Waals surface area contributed by atoms with E-state index in [-0.39, 0.29) is 19.2 Å². The highest BCUT2D eigenvalue weighted by atomic mass is 19.4. The first kappa shape index (κ1) is 20.2. The number of amides is 1. The van der Waals surface area contributed by atoms with Gasteiger partial charge in [-0.3, -0.25) is 9.48 Å². The predicted molar refractivity (Wildman–Crippen MR) is 87.6 cm³/mol. The Morgan fingerprint density at radius 2 is 1.61 bits per heavy atom. The largest absolute Gasteiger partial charge is 0.416 e. The number of fused-ring (bicyclic) bond motifs is 1. The minimum absolute atomic E-state index is 0.00714. The van der Waals surface area contributed by atoms with Gasteiger partial charge in [0.2, 0.25) is 0 Å². The summed E-state index contributed by atoms with van der Waals surface area (Å²) in [6, 6.07) is 0.827. The Balaban J connectivity index is 1.72. The van der Waals surface area contributed by atoms with Crippen molar-refractivity contribution >= 4 is 5.91 Å². The fourth-order valence-corrected chi connectivity index (χ4v) is 3.21. The quantitative estimate of drug-likeness (QED) is 0.774. The summed E-state index contributed by atoms with van der Waals surface area (Å²) in [4.78, 5) is 12.1. The van der Waals surface area contributed by atoms with E-state index < -0.39 is 35.0 Å². The van der Waals surface area contributed by atoms with Crippen molar-refractivity contribution in [2.75, 3.05) is 6.54 Å². The lowest BCUT2D eigenvalue weighted by Crippen LogP contribution is -2.29. The number of nitrogens with zero attached hydrogens (tertiary/aromatic N) is 2. The zero-order valence-corrected chi connectivity index (χ0v) is 14.6. The van der Waals surface area contributed by atoms with Crippen LogP contribution in [-0.2, 0) is 31.7 Å². The van der Waals surface area contributed by atoms with Gasteiger partial charge in [-0.1, -0.05) is 0 Å². The van der Waals surface area contributed by atoms with E-state index in [1.54, 1.807) is 10.9 Å². The van der Waals surface area contributed by atoms with Crippen molar-refractivity contribution < 1.29 is 31.1 Å². The van der Waals surface area contributed by atoms with Crippen molar-refractivity contribution in [1.29, 1.82) is 0 Å². The molecule has 152 valence electrons. The summed E-state index contributed by atoms with van der Waals surface area (Å²) in [5.74, 6) is -1.00. The highest BCUT2D eigenvalue weighted by molar-refractivity contribution is 5.94. The summed E-state index contributed by atoms with van der Waals surface area (Å²) in [5.41, 5.74) is -1.55. The Labute approximate surface area is 156 Å². The summed E-state index contributed by atoms with van der Waals surface area (Å²) in [6.07, 6.45) is -4.37. The second-order valence-corrected chi connectivity index (χ2v) is 6.60. The number of hydrogen-bond acceptors (Lipinski definition) is 2. The summed E-state index contributed by atoms with van der Waals surface area (Å²) in [6.45, 7) is 0.316. The zero-order chi connectivity index (χ0) is 20.5. The lowest BCUT2D eigenvalue weighted by atomic mass is 9.98. The summed E-state index contributed by atoms with van der Waals surface area (Å²) in [5, 5.41) is 6.59. The van der Waals surface area contributed by atoms with E-state index in [9.17, 15) is 31.1 Å². The molecule has 0 fully saturated rings. The van der Waals surface area contributed by atoms with Crippen LogP contribution in [0, 0.1) is 0 Å². The van der Waals surface area contributed by atoms with Crippen LogP contribution < -0.4 is 5.32 Å². The molecule has 0 saturated carbocycles. The van der Waals surface area contributed by atoms with Gasteiger partial charge < -0.3 is 5.32 Å². The molecule has 0 bridgehead atoms. The third kappa shape index (κ3) is 4.48. The summed E-state index contributed by atoms with van der Waals surface area (Å²) < 4.78 is 79.0. The van der Waals surface area contributed by atoms with Gasteiger partial charge in [0, 0.05) is 17.8 Å². The van der Waals surface area contributed by atoms with Gasteiger partial charge in [-0.15, -0.1) is 0 Å². The molecule has 1 aromatic carbocycles. The molecule has 1 amide bonds. The average Bonchev–Trinajstić information content (AvgIpc) is 3.03. The van der Waals surface area contributed by atoms with E-state index in [0.29, 0.717) is 12.1 Å². The fourth-order valence-electron chi connectivity index (χ4n) is 3.21. The first-order valence-electron chi connectivity index (χ1n) is 8.67. The standard InChI is InChI=1S/C18H17F6N3O/c19-17(20,21)13-7-12(8-14(9-13)18(22,23)24)16(28)25-5-6-27-15-4-2-1-3-11(15)10-26-27/h7-10H,1-6H2,(H,25,28). The molecule has 1 aromatic heterocycles. The molecule has 0 saturated heterocycles. The number of aromatic nitrogens is 2. The maximum absolute atomic E-state index is 12.9. The van der Waals surface area contributed by atoms with Crippen molar-refractivity contribution in [1.82, 2.24) is 15.1 Å². The average molecular weight is 405 g/mol. The van der Waals surface area contributed by atoms with Crippen LogP contribution in [0.2, 0.25) is 0 Å². The molecular formula is C18H17F6N3O. The monoisotopic (exact) mass is 405 g/mol. The first-order valence-corrected chi connectivity index (χ1v) is 8.67. The van der Waals surface area contributed by atoms with E-state index >= 15 is 0 Å². The van der Waals surface area contributed by atoms with Crippen LogP contribution in [0.3, 0.4) is 0 Å². The molecule has 1 aliphatic carbocycles. The van der Waals surface area contributed by atoms with Gasteiger partial charge in [-0.05, 0) is 49.4 Å². The normalized spacial score (nSPS) is 14.6. The fraction of sp³-hybridized carbons (Fsp3) is 0.444. The number of benzene rings is 1. The third-order valence-corrected chi connectivity index (χ3v) is 4.60. The predicted octanol–water partition coefficient (Wildman–Crippen LogP) is 4.23. The highest BCUT2D eigenvalue weighted by Gasteiger charge is 2.37. The Hall–Kier alpha value is -2.52. The number of halogens is 6. The molecular weight excluding hydrogens is 388 g/mol. The van der Waals surface area contributed by atoms with Crippen LogP contribution in [0.5, 0.6) is 0 Å². The Bertz CT molecular complexity index is 837. The molecule has 4 nitrogen and oxygen atoms in total. The van der Waals surface area contributed by atoms with Crippen LogP contribution in [0.1, 0.15) is 45.6 Å². The number of rotatable bonds is 4. The molecule has 1 N–H and O–H groups in total. The molecule has 3 rings (SSSR count). The van der Waals surface area contributed by atoms with E-state index in [1.165, 1.54) is 0 Å². The lowest BCUT2D eigenvalue weighted by molar-refractivity contribution is -0.143. The van der Waals surface area contributed by atoms with Gasteiger partial charge >= 0.3 is 12.4 Å². The summed E-state index contributed by atoms with van der Waals surface area (Å²) >= 11 is 0. The van der Waals surface area contributed by atoms with Crippen LogP contribution in [0.15, 0.2) is 24.4 Å². The van der Waals surface area contributed by atoms with Crippen LogP contribution in [0.25, 0.3) is 0 Å². The SMILES string of the molecule is O=C(NCCn1ncc2c1CCCC2)c1cc(C(F)(F)F)cc(C(F)(F)F)c1. The molecule has 0 aliphatic heterocycles. The molecule has 0 unspecified atom stereocenters. The number of alkyl halides is 6. The van der Waals surface area contributed by atoms with Crippen LogP contribution >= 0.6 is 0 Å². The molecule has 1 aliphatic rings. The minimum Gasteiger partial charge on any atom is -0.350 e. The highest BCUT2D eigenvalue weighted by Crippen LogP contribution is 2.36. The van der Waals surface area contributed by atoms with Gasteiger partial charge in [0.25, 0.3) is 5.91 Å². The lowest BCUT2D eigenvalue weighted by Gasteiger charge is -2.15. The number of nitrogens with one attached hydrogen (secondary N) is 1. The zero-order valence-electron chi connectivity index (χ0n) is 14.6. The second kappa shape index (κ2) is 7.48. The number of aryl methyl sites for hydroxylation is 1. The third-order valence-electron chi connectivity index (χ3n) is 4.60. The number of carbonyl (C=O) groups is 1. The van der Waals surface area contributed by atoms with E-state index in [2.05, 4.69) is 10.4 Å². The molecule has 0 radical (unpaired) electrons. The molecule has 2 aromatic rings. The van der Waals surface area contributed by atoms with Crippen molar-refractivity contribution in [2.24, 2.45) is 0 Å². The minimum atomic E-state index is -5.00. The topological polar surface area (TPSA) is 46.9 Å². The van der Waals surface area contributed by atoms with Gasteiger partial charge in [-0.25, -0.2) is 0 Å². The van der Waals surface area contributed by atoms with Gasteiger partial charge in [0.15, 0.2) is 0 Å². The van der Waals surface area contributed by atoms with Crippen molar-refractivity contribution in [3.63, 3.8) is 0 Å². The van der Waals surface area contributed by atoms with E-state index in [0.717, 1.165) is 36.9 Å². The Morgan fingerprint density at radius 3 is 2.21 bits per heavy atom. The molecule has 10 heteroatoms. The smallest absolute Gasteiger partial charge is 0.350 e. The maximum Gasteiger partial charge on any atom is 0.416 e. The van der Waals surface area contributed by atoms with E-state index in [4.69, 9.17) is 0 Å². The molecule has 0 spiro atoms. The van der Waals surface area contributed by atoms with Gasteiger partial charge in [-0.2, -0.15) is 31.4 Å². The van der Waals surface area contributed by atoms with Crippen molar-refractivity contribution in [2.45, 2.75) is 44.6 Å². The Kier molecular flexibility index (Phi) is 5.40.